The molecule has 0 bridgehead atoms. The molecule has 1 aliphatic heterocycles. The van der Waals surface area contributed by atoms with E-state index >= 15 is 0 Å². The van der Waals surface area contributed by atoms with E-state index in [1.54, 1.807) is 42.5 Å². The third-order valence-corrected chi connectivity index (χ3v) is 6.10. The average Bonchev–Trinajstić information content (AvgIpc) is 3.20. The summed E-state index contributed by atoms with van der Waals surface area (Å²) in [5.74, 6) is 0.685. The van der Waals surface area contributed by atoms with Crippen LogP contribution in [0, 0.1) is 0 Å². The zero-order chi connectivity index (χ0) is 26.3. The van der Waals surface area contributed by atoms with Gasteiger partial charge in [-0.15, -0.1) is 0 Å². The Labute approximate surface area is 220 Å². The number of fused-ring (bicyclic) bond motifs is 1. The van der Waals surface area contributed by atoms with Gasteiger partial charge >= 0.3 is 0 Å². The number of imide groups is 1. The zero-order valence-electron chi connectivity index (χ0n) is 20.7. The highest BCUT2D eigenvalue weighted by Gasteiger charge is 2.36. The molecule has 4 aromatic rings. The average molecular weight is 510 g/mol. The van der Waals surface area contributed by atoms with Crippen LogP contribution in [-0.2, 0) is 13.2 Å². The predicted octanol–water partition coefficient (Wildman–Crippen LogP) is 4.88. The van der Waals surface area contributed by atoms with Crippen molar-refractivity contribution in [2.45, 2.75) is 19.3 Å². The standard InChI is InChI=1S/C31H27NO6/c33-24(18-32-30(34)26-13-7-8-14-27(26)31(32)35)21-36-25-15-16-28(37-19-22-9-3-1-4-10-22)29(17-25)38-20-23-11-5-2-6-12-23/h1-17,24,33H,18-21H2. The normalized spacial score (nSPS) is 13.2. The number of nitrogens with zero attached hydrogens (tertiary/aromatic N) is 1. The van der Waals surface area contributed by atoms with Gasteiger partial charge < -0.3 is 19.3 Å². The molecule has 0 aromatic heterocycles. The van der Waals surface area contributed by atoms with Gasteiger partial charge in [-0.25, -0.2) is 0 Å². The molecule has 7 nitrogen and oxygen atoms in total. The summed E-state index contributed by atoms with van der Waals surface area (Å²) in [4.78, 5) is 26.2. The van der Waals surface area contributed by atoms with E-state index in [0.29, 0.717) is 41.6 Å². The van der Waals surface area contributed by atoms with Crippen molar-refractivity contribution in [3.8, 4) is 17.2 Å². The summed E-state index contributed by atoms with van der Waals surface area (Å²) in [5.41, 5.74) is 2.72. The van der Waals surface area contributed by atoms with Gasteiger partial charge in [-0.2, -0.15) is 0 Å². The second kappa shape index (κ2) is 11.6. The molecular weight excluding hydrogens is 482 g/mol. The van der Waals surface area contributed by atoms with Gasteiger partial charge in [0.05, 0.1) is 17.7 Å². The van der Waals surface area contributed by atoms with Gasteiger partial charge in [-0.3, -0.25) is 14.5 Å². The quantitative estimate of drug-likeness (QED) is 0.290. The maximum atomic E-state index is 12.6. The highest BCUT2D eigenvalue weighted by Crippen LogP contribution is 2.33. The summed E-state index contributed by atoms with van der Waals surface area (Å²) < 4.78 is 17.9. The van der Waals surface area contributed by atoms with Crippen LogP contribution in [0.4, 0.5) is 0 Å². The number of hydrogen-bond acceptors (Lipinski definition) is 6. The lowest BCUT2D eigenvalue weighted by Gasteiger charge is -2.19. The van der Waals surface area contributed by atoms with E-state index in [1.165, 1.54) is 0 Å². The monoisotopic (exact) mass is 509 g/mol. The Balaban J connectivity index is 1.24. The van der Waals surface area contributed by atoms with Crippen molar-refractivity contribution in [3.63, 3.8) is 0 Å². The highest BCUT2D eigenvalue weighted by atomic mass is 16.5. The highest BCUT2D eigenvalue weighted by molar-refractivity contribution is 6.21. The molecule has 1 heterocycles. The minimum Gasteiger partial charge on any atom is -0.491 e. The fraction of sp³-hybridized carbons (Fsp3) is 0.161. The lowest BCUT2D eigenvalue weighted by Crippen LogP contribution is -2.39. The third kappa shape index (κ3) is 5.85. The van der Waals surface area contributed by atoms with E-state index in [1.807, 2.05) is 60.7 Å². The Bertz CT molecular complexity index is 1370. The Morgan fingerprint density at radius 3 is 1.74 bits per heavy atom. The summed E-state index contributed by atoms with van der Waals surface area (Å²) >= 11 is 0. The summed E-state index contributed by atoms with van der Waals surface area (Å²) in [6.45, 7) is 0.438. The van der Waals surface area contributed by atoms with Crippen LogP contribution >= 0.6 is 0 Å². The lowest BCUT2D eigenvalue weighted by molar-refractivity contribution is 0.0456. The Morgan fingerprint density at radius 1 is 0.632 bits per heavy atom. The predicted molar refractivity (Wildman–Crippen MR) is 141 cm³/mol. The van der Waals surface area contributed by atoms with E-state index < -0.39 is 17.9 Å². The first-order valence-electron chi connectivity index (χ1n) is 12.3. The van der Waals surface area contributed by atoms with Crippen LogP contribution in [0.2, 0.25) is 0 Å². The number of rotatable bonds is 11. The number of amides is 2. The first-order chi connectivity index (χ1) is 18.6. The Kier molecular flexibility index (Phi) is 7.66. The molecule has 2 amide bonds. The van der Waals surface area contributed by atoms with Gasteiger partial charge in [0, 0.05) is 6.07 Å². The lowest BCUT2D eigenvalue weighted by atomic mass is 10.1. The van der Waals surface area contributed by atoms with Crippen molar-refractivity contribution in [2.24, 2.45) is 0 Å². The van der Waals surface area contributed by atoms with Gasteiger partial charge in [0.2, 0.25) is 0 Å². The second-order valence-corrected chi connectivity index (χ2v) is 8.89. The molecule has 0 saturated heterocycles. The van der Waals surface area contributed by atoms with E-state index in [-0.39, 0.29) is 13.2 Å². The molecule has 1 atom stereocenters. The van der Waals surface area contributed by atoms with Crippen LogP contribution < -0.4 is 14.2 Å². The van der Waals surface area contributed by atoms with Crippen molar-refractivity contribution in [3.05, 3.63) is 125 Å². The zero-order valence-corrected chi connectivity index (χ0v) is 20.7. The van der Waals surface area contributed by atoms with Crippen LogP contribution in [0.3, 0.4) is 0 Å². The number of ether oxygens (including phenoxy) is 3. The molecule has 0 fully saturated rings. The number of hydrogen-bond donors (Lipinski definition) is 1. The molecule has 0 spiro atoms. The summed E-state index contributed by atoms with van der Waals surface area (Å²) in [7, 11) is 0. The fourth-order valence-corrected chi connectivity index (χ4v) is 4.14. The van der Waals surface area contributed by atoms with E-state index in [4.69, 9.17) is 14.2 Å². The SMILES string of the molecule is O=C1c2ccccc2C(=O)N1CC(O)COc1ccc(OCc2ccccc2)c(OCc2ccccc2)c1. The molecule has 0 saturated carbocycles. The van der Waals surface area contributed by atoms with Gasteiger partial charge in [0.15, 0.2) is 11.5 Å². The molecule has 7 heteroatoms. The molecule has 0 aliphatic carbocycles. The molecule has 1 aliphatic rings. The molecule has 38 heavy (non-hydrogen) atoms. The molecule has 4 aromatic carbocycles. The van der Waals surface area contributed by atoms with E-state index in [2.05, 4.69) is 0 Å². The van der Waals surface area contributed by atoms with E-state index in [9.17, 15) is 14.7 Å². The molecule has 192 valence electrons. The second-order valence-electron chi connectivity index (χ2n) is 8.89. The maximum absolute atomic E-state index is 12.6. The largest absolute Gasteiger partial charge is 0.491 e. The van der Waals surface area contributed by atoms with Crippen LogP contribution in [0.1, 0.15) is 31.8 Å². The minimum atomic E-state index is -1.07. The van der Waals surface area contributed by atoms with Gasteiger partial charge in [0.25, 0.3) is 11.8 Å². The van der Waals surface area contributed by atoms with E-state index in [0.717, 1.165) is 16.0 Å². The summed E-state index contributed by atoms with van der Waals surface area (Å²) in [5, 5.41) is 10.5. The Hall–Kier alpha value is -4.62. The first kappa shape index (κ1) is 25.0. The van der Waals surface area contributed by atoms with Crippen molar-refractivity contribution in [1.29, 1.82) is 0 Å². The third-order valence-electron chi connectivity index (χ3n) is 6.10. The van der Waals surface area contributed by atoms with Gasteiger partial charge in [-0.05, 0) is 35.4 Å². The van der Waals surface area contributed by atoms with Crippen molar-refractivity contribution in [2.75, 3.05) is 13.2 Å². The molecule has 5 rings (SSSR count). The first-order valence-corrected chi connectivity index (χ1v) is 12.3. The summed E-state index contributed by atoms with van der Waals surface area (Å²) in [6, 6.07) is 31.4. The minimum absolute atomic E-state index is 0.115. The number of benzene rings is 4. The maximum Gasteiger partial charge on any atom is 0.261 e. The van der Waals surface area contributed by atoms with Crippen LogP contribution in [0.5, 0.6) is 17.2 Å². The molecular formula is C31H27NO6. The van der Waals surface area contributed by atoms with Gasteiger partial charge in [0.1, 0.15) is 31.7 Å². The summed E-state index contributed by atoms with van der Waals surface area (Å²) in [6.07, 6.45) is -1.07. The van der Waals surface area contributed by atoms with Crippen LogP contribution in [0.15, 0.2) is 103 Å². The topological polar surface area (TPSA) is 85.3 Å². The van der Waals surface area contributed by atoms with Crippen molar-refractivity contribution >= 4 is 11.8 Å². The fourth-order valence-electron chi connectivity index (χ4n) is 4.14. The Morgan fingerprint density at radius 2 is 1.16 bits per heavy atom. The van der Waals surface area contributed by atoms with Gasteiger partial charge in [-0.1, -0.05) is 72.8 Å². The molecule has 1 N–H and O–H groups in total. The molecule has 1 unspecified atom stereocenters. The number of aliphatic hydroxyl groups excluding tert-OH is 1. The number of carbonyl (C=O) groups excluding carboxylic acids is 2. The van der Waals surface area contributed by atoms with Crippen molar-refractivity contribution in [1.82, 2.24) is 4.90 Å². The van der Waals surface area contributed by atoms with Crippen LogP contribution in [0.25, 0.3) is 0 Å². The number of aliphatic hydroxyl groups is 1. The number of β-amino-alcohol motifs (C(OH)–C–C–N with tert-alkyl or cyclic N) is 1. The van der Waals surface area contributed by atoms with Crippen molar-refractivity contribution < 1.29 is 28.9 Å². The smallest absolute Gasteiger partial charge is 0.261 e. The van der Waals surface area contributed by atoms with Crippen LogP contribution in [-0.4, -0.2) is 41.1 Å². The number of carbonyl (C=O) groups is 2. The molecule has 0 radical (unpaired) electrons.